The molecule has 0 aromatic heterocycles. The molecule has 1 N–H and O–H groups in total. The molecule has 3 aromatic carbocycles. The molecular formula is C32H37O2P. The van der Waals surface area contributed by atoms with E-state index in [2.05, 4.69) is 72.8 Å². The fraction of sp³-hybridized carbons (Fsp3) is 0.438. The predicted octanol–water partition coefficient (Wildman–Crippen LogP) is 6.94. The summed E-state index contributed by atoms with van der Waals surface area (Å²) in [5.41, 5.74) is 2.24. The molecule has 0 heterocycles. The molecule has 6 rings (SSSR count). The molecule has 3 aliphatic rings. The molecule has 2 nitrogen and oxygen atoms in total. The van der Waals surface area contributed by atoms with Gasteiger partial charge in [0.1, 0.15) is 12.5 Å². The average molecular weight is 485 g/mol. The third-order valence-electron chi connectivity index (χ3n) is 9.11. The lowest BCUT2D eigenvalue weighted by Crippen LogP contribution is -2.47. The highest BCUT2D eigenvalue weighted by molar-refractivity contribution is 7.67. The Bertz CT molecular complexity index is 1370. The smallest absolute Gasteiger partial charge is 0.147 e. The van der Waals surface area contributed by atoms with Crippen LogP contribution in [0.3, 0.4) is 0 Å². The molecule has 1 unspecified atom stereocenters. The fourth-order valence-corrected chi connectivity index (χ4v) is 12.5. The van der Waals surface area contributed by atoms with Gasteiger partial charge in [-0.2, -0.15) is 0 Å². The third-order valence-corrected chi connectivity index (χ3v) is 13.9. The van der Waals surface area contributed by atoms with Crippen molar-refractivity contribution in [3.05, 3.63) is 82.7 Å². The number of aliphatic hydroxyl groups is 1. The van der Waals surface area contributed by atoms with Gasteiger partial charge < -0.3 is 9.67 Å². The van der Waals surface area contributed by atoms with Crippen molar-refractivity contribution in [2.45, 2.75) is 87.3 Å². The van der Waals surface area contributed by atoms with Crippen LogP contribution < -0.4 is 10.4 Å². The minimum absolute atomic E-state index is 0.132. The fourth-order valence-electron chi connectivity index (χ4n) is 7.43. The molecule has 182 valence electrons. The van der Waals surface area contributed by atoms with Gasteiger partial charge in [0.2, 0.25) is 0 Å². The molecule has 0 saturated heterocycles. The first-order chi connectivity index (χ1) is 17.1. The summed E-state index contributed by atoms with van der Waals surface area (Å²) in [5, 5.41) is 16.3. The molecule has 1 atom stereocenters. The maximum absolute atomic E-state index is 15.8. The van der Waals surface area contributed by atoms with E-state index in [9.17, 15) is 5.11 Å². The van der Waals surface area contributed by atoms with Gasteiger partial charge in [-0.3, -0.25) is 0 Å². The highest BCUT2D eigenvalue weighted by Crippen LogP contribution is 2.73. The Labute approximate surface area is 209 Å². The lowest BCUT2D eigenvalue weighted by molar-refractivity contribution is 0.180. The summed E-state index contributed by atoms with van der Waals surface area (Å²) in [6, 6.07) is 23.3. The van der Waals surface area contributed by atoms with Gasteiger partial charge in [0.15, 0.2) is 0 Å². The van der Waals surface area contributed by atoms with Crippen LogP contribution in [0.25, 0.3) is 22.4 Å². The molecule has 0 spiro atoms. The Kier molecular flexibility index (Phi) is 6.23. The Morgan fingerprint density at radius 1 is 0.714 bits per heavy atom. The van der Waals surface area contributed by atoms with Gasteiger partial charge in [-0.15, -0.1) is 0 Å². The van der Waals surface area contributed by atoms with Crippen molar-refractivity contribution in [1.82, 2.24) is 0 Å². The SMILES string of the molecule is O=P(C1CCCCC1)(C1CCCCC1)C1(O)CC=c2ccccc2=C1c1cccc2ccccc12. The number of benzene rings is 3. The van der Waals surface area contributed by atoms with Crippen LogP contribution in [-0.2, 0) is 4.57 Å². The minimum Gasteiger partial charge on any atom is -0.377 e. The average Bonchev–Trinajstić information content (AvgIpc) is 2.93. The van der Waals surface area contributed by atoms with E-state index in [-0.39, 0.29) is 11.3 Å². The lowest BCUT2D eigenvalue weighted by Gasteiger charge is -2.49. The van der Waals surface area contributed by atoms with Gasteiger partial charge in [0.05, 0.1) is 0 Å². The summed E-state index contributed by atoms with van der Waals surface area (Å²) in [7, 11) is -3.03. The summed E-state index contributed by atoms with van der Waals surface area (Å²) in [4.78, 5) is 0. The molecule has 3 aliphatic carbocycles. The van der Waals surface area contributed by atoms with E-state index < -0.39 is 12.5 Å². The maximum atomic E-state index is 15.8. The molecule has 0 bridgehead atoms. The van der Waals surface area contributed by atoms with E-state index >= 15 is 4.57 Å². The van der Waals surface area contributed by atoms with Gasteiger partial charge in [0.25, 0.3) is 0 Å². The van der Waals surface area contributed by atoms with Gasteiger partial charge in [-0.05, 0) is 52.5 Å². The van der Waals surface area contributed by atoms with Gasteiger partial charge in [0, 0.05) is 23.3 Å². The van der Waals surface area contributed by atoms with Crippen LogP contribution in [0, 0.1) is 0 Å². The summed E-state index contributed by atoms with van der Waals surface area (Å²) >= 11 is 0. The zero-order chi connectivity index (χ0) is 23.9. The molecule has 2 fully saturated rings. The number of rotatable bonds is 4. The van der Waals surface area contributed by atoms with Crippen LogP contribution in [0.5, 0.6) is 0 Å². The Morgan fingerprint density at radius 3 is 2.03 bits per heavy atom. The zero-order valence-electron chi connectivity index (χ0n) is 20.7. The van der Waals surface area contributed by atoms with Crippen LogP contribution in [0.15, 0.2) is 66.7 Å². The van der Waals surface area contributed by atoms with Crippen molar-refractivity contribution in [2.24, 2.45) is 0 Å². The van der Waals surface area contributed by atoms with Crippen LogP contribution in [0.4, 0.5) is 0 Å². The molecule has 35 heavy (non-hydrogen) atoms. The molecule has 3 aromatic rings. The lowest BCUT2D eigenvalue weighted by atomic mass is 9.88. The highest BCUT2D eigenvalue weighted by atomic mass is 31.2. The van der Waals surface area contributed by atoms with E-state index in [4.69, 9.17) is 0 Å². The zero-order valence-corrected chi connectivity index (χ0v) is 21.6. The predicted molar refractivity (Wildman–Crippen MR) is 148 cm³/mol. The minimum atomic E-state index is -3.03. The van der Waals surface area contributed by atoms with Crippen molar-refractivity contribution < 1.29 is 9.67 Å². The molecule has 0 amide bonds. The van der Waals surface area contributed by atoms with Crippen molar-refractivity contribution in [3.63, 3.8) is 0 Å². The standard InChI is InChI=1S/C32H37O2P/c33-32(35(34,26-15-3-1-4-16-26)27-17-5-2-6-18-27)23-22-25-13-8-10-20-29(25)31(32)30-21-11-14-24-12-7-9-19-28(24)30/h7-14,19-22,26-27,33H,1-6,15-18,23H2. The van der Waals surface area contributed by atoms with Gasteiger partial charge >= 0.3 is 0 Å². The summed E-state index contributed by atoms with van der Waals surface area (Å²) in [6.45, 7) is 0. The topological polar surface area (TPSA) is 37.3 Å². The van der Waals surface area contributed by atoms with E-state index in [0.717, 1.165) is 83.7 Å². The number of hydrogen-bond donors (Lipinski definition) is 1. The van der Waals surface area contributed by atoms with E-state index in [1.807, 2.05) is 0 Å². The van der Waals surface area contributed by atoms with Gasteiger partial charge in [-0.25, -0.2) is 0 Å². The van der Waals surface area contributed by atoms with Gasteiger partial charge in [-0.1, -0.05) is 111 Å². The largest absolute Gasteiger partial charge is 0.377 e. The number of hydrogen-bond acceptors (Lipinski definition) is 2. The normalized spacial score (nSPS) is 24.2. The third kappa shape index (κ3) is 3.76. The number of fused-ring (bicyclic) bond motifs is 2. The summed E-state index contributed by atoms with van der Waals surface area (Å²) in [5.74, 6) is 0. The van der Waals surface area contributed by atoms with Crippen LogP contribution >= 0.6 is 7.14 Å². The van der Waals surface area contributed by atoms with E-state index in [1.165, 1.54) is 12.8 Å². The molecule has 2 saturated carbocycles. The molecule has 0 radical (unpaired) electrons. The van der Waals surface area contributed by atoms with Crippen LogP contribution in [-0.4, -0.2) is 21.8 Å². The Morgan fingerprint density at radius 2 is 1.31 bits per heavy atom. The van der Waals surface area contributed by atoms with Crippen molar-refractivity contribution in [2.75, 3.05) is 0 Å². The molecular weight excluding hydrogens is 447 g/mol. The van der Waals surface area contributed by atoms with E-state index in [0.29, 0.717) is 6.42 Å². The second-order valence-electron chi connectivity index (χ2n) is 11.0. The van der Waals surface area contributed by atoms with Crippen LogP contribution in [0.2, 0.25) is 0 Å². The molecule has 3 heteroatoms. The second-order valence-corrected chi connectivity index (χ2v) is 14.6. The first-order valence-corrected chi connectivity index (χ1v) is 15.6. The van der Waals surface area contributed by atoms with Crippen molar-refractivity contribution in [3.8, 4) is 0 Å². The monoisotopic (exact) mass is 484 g/mol. The first-order valence-electron chi connectivity index (χ1n) is 13.7. The summed E-state index contributed by atoms with van der Waals surface area (Å²) in [6.07, 6.45) is 13.6. The van der Waals surface area contributed by atoms with Crippen molar-refractivity contribution in [1.29, 1.82) is 0 Å². The van der Waals surface area contributed by atoms with E-state index in [1.54, 1.807) is 0 Å². The first kappa shape index (κ1) is 23.3. The molecule has 0 aliphatic heterocycles. The van der Waals surface area contributed by atoms with Crippen LogP contribution in [0.1, 0.15) is 76.2 Å². The Hall–Kier alpha value is -2.15. The quantitative estimate of drug-likeness (QED) is 0.407. The maximum Gasteiger partial charge on any atom is 0.147 e. The second kappa shape index (κ2) is 9.38. The highest BCUT2D eigenvalue weighted by Gasteiger charge is 2.57. The van der Waals surface area contributed by atoms with Crippen molar-refractivity contribution >= 4 is 29.6 Å². The summed E-state index contributed by atoms with van der Waals surface area (Å²) < 4.78 is 15.8. The Balaban J connectivity index is 1.66.